The fourth-order valence-electron chi connectivity index (χ4n) is 3.44. The van der Waals surface area contributed by atoms with Gasteiger partial charge >= 0.3 is 6.03 Å². The highest BCUT2D eigenvalue weighted by Gasteiger charge is 2.26. The summed E-state index contributed by atoms with van der Waals surface area (Å²) in [4.78, 5) is 31.0. The van der Waals surface area contributed by atoms with Crippen molar-refractivity contribution in [3.05, 3.63) is 72.4 Å². The number of aryl methyl sites for hydroxylation is 1. The van der Waals surface area contributed by atoms with Crippen molar-refractivity contribution in [3.8, 4) is 0 Å². The molecule has 0 fully saturated rings. The van der Waals surface area contributed by atoms with Gasteiger partial charge in [0.2, 0.25) is 5.91 Å². The zero-order valence-electron chi connectivity index (χ0n) is 19.7. The van der Waals surface area contributed by atoms with Crippen molar-refractivity contribution < 1.29 is 14.0 Å². The molecular weight excluding hydrogens is 436 g/mol. The van der Waals surface area contributed by atoms with Crippen molar-refractivity contribution in [2.75, 3.05) is 18.1 Å². The van der Waals surface area contributed by atoms with Gasteiger partial charge in [-0.25, -0.2) is 4.79 Å². The van der Waals surface area contributed by atoms with E-state index < -0.39 is 0 Å². The number of rotatable bonds is 10. The number of furan rings is 1. The van der Waals surface area contributed by atoms with Crippen LogP contribution in [0.3, 0.4) is 0 Å². The molecule has 0 spiro atoms. The van der Waals surface area contributed by atoms with E-state index >= 15 is 0 Å². The second kappa shape index (κ2) is 11.7. The van der Waals surface area contributed by atoms with E-state index in [1.807, 2.05) is 86.4 Å². The summed E-state index contributed by atoms with van der Waals surface area (Å²) in [7, 11) is 1.95. The second-order valence-electron chi connectivity index (χ2n) is 7.98. The number of carbonyl (C=O) groups is 2. The van der Waals surface area contributed by atoms with Gasteiger partial charge in [0.25, 0.3) is 0 Å². The van der Waals surface area contributed by atoms with Crippen LogP contribution in [0.15, 0.2) is 70.3 Å². The molecule has 2 aromatic heterocycles. The average Bonchev–Trinajstić information content (AvgIpc) is 3.48. The number of thioether (sulfide) groups is 1. The van der Waals surface area contributed by atoms with Crippen LogP contribution in [0.4, 0.5) is 10.5 Å². The van der Waals surface area contributed by atoms with Crippen LogP contribution in [0.2, 0.25) is 0 Å². The predicted octanol–water partition coefficient (Wildman–Crippen LogP) is 5.20. The largest absolute Gasteiger partial charge is 0.467 e. The highest BCUT2D eigenvalue weighted by atomic mass is 32.2. The molecule has 0 saturated carbocycles. The molecule has 1 aromatic carbocycles. The van der Waals surface area contributed by atoms with Crippen LogP contribution >= 0.6 is 11.8 Å². The smallest absolute Gasteiger partial charge is 0.322 e. The number of benzene rings is 1. The fourth-order valence-corrected chi connectivity index (χ4v) is 3.85. The molecule has 176 valence electrons. The molecule has 0 radical (unpaired) electrons. The summed E-state index contributed by atoms with van der Waals surface area (Å²) in [5.41, 5.74) is 1.71. The minimum atomic E-state index is -0.286. The van der Waals surface area contributed by atoms with Gasteiger partial charge in [-0.2, -0.15) is 0 Å². The van der Waals surface area contributed by atoms with E-state index in [1.54, 1.807) is 27.8 Å². The molecule has 0 saturated heterocycles. The van der Waals surface area contributed by atoms with Gasteiger partial charge in [0.15, 0.2) is 0 Å². The highest BCUT2D eigenvalue weighted by Crippen LogP contribution is 2.19. The van der Waals surface area contributed by atoms with E-state index in [-0.39, 0.29) is 24.5 Å². The van der Waals surface area contributed by atoms with Crippen molar-refractivity contribution in [2.45, 2.75) is 44.3 Å². The fraction of sp³-hybridized carbons (Fsp3) is 0.360. The molecular formula is C25H32N4O3S. The highest BCUT2D eigenvalue weighted by molar-refractivity contribution is 7.98. The summed E-state index contributed by atoms with van der Waals surface area (Å²) in [6.07, 6.45) is 6.30. The maximum absolute atomic E-state index is 13.4. The number of hydrogen-bond donors (Lipinski definition) is 1. The van der Waals surface area contributed by atoms with Crippen molar-refractivity contribution in [1.29, 1.82) is 0 Å². The number of nitrogens with one attached hydrogen (secondary N) is 1. The monoisotopic (exact) mass is 468 g/mol. The average molecular weight is 469 g/mol. The van der Waals surface area contributed by atoms with E-state index in [4.69, 9.17) is 4.42 Å². The van der Waals surface area contributed by atoms with Crippen molar-refractivity contribution in [2.24, 2.45) is 7.05 Å². The van der Waals surface area contributed by atoms with Crippen LogP contribution < -0.4 is 5.32 Å². The van der Waals surface area contributed by atoms with Gasteiger partial charge in [0, 0.05) is 35.6 Å². The Morgan fingerprint density at radius 1 is 1.12 bits per heavy atom. The lowest BCUT2D eigenvalue weighted by atomic mass is 10.2. The van der Waals surface area contributed by atoms with E-state index in [0.29, 0.717) is 24.5 Å². The first-order valence-corrected chi connectivity index (χ1v) is 12.3. The molecule has 0 aliphatic carbocycles. The molecule has 0 aliphatic heterocycles. The summed E-state index contributed by atoms with van der Waals surface area (Å²) in [6.45, 7) is 4.71. The third-order valence-electron chi connectivity index (χ3n) is 5.71. The van der Waals surface area contributed by atoms with Crippen molar-refractivity contribution >= 4 is 29.4 Å². The van der Waals surface area contributed by atoms with E-state index in [9.17, 15) is 9.59 Å². The SMILES string of the molecule is CCC(C)N(CC(=O)N(Cc1ccco1)Cc1cccn1C)C(=O)Nc1ccc(SC)cc1. The second-order valence-corrected chi connectivity index (χ2v) is 8.86. The Kier molecular flexibility index (Phi) is 8.65. The van der Waals surface area contributed by atoms with Gasteiger partial charge in [0.1, 0.15) is 12.3 Å². The number of carbonyl (C=O) groups excluding carboxylic acids is 2. The lowest BCUT2D eigenvalue weighted by Gasteiger charge is -2.31. The Hall–Kier alpha value is -3.13. The Morgan fingerprint density at radius 2 is 1.88 bits per heavy atom. The molecule has 3 aromatic rings. The number of nitrogens with zero attached hydrogens (tertiary/aromatic N) is 3. The topological polar surface area (TPSA) is 70.7 Å². The maximum Gasteiger partial charge on any atom is 0.322 e. The van der Waals surface area contributed by atoms with Gasteiger partial charge in [-0.3, -0.25) is 4.79 Å². The summed E-state index contributed by atoms with van der Waals surface area (Å²) < 4.78 is 7.47. The molecule has 0 aliphatic rings. The lowest BCUT2D eigenvalue weighted by molar-refractivity contribution is -0.133. The summed E-state index contributed by atoms with van der Waals surface area (Å²) in [5.74, 6) is 0.562. The molecule has 1 N–H and O–H groups in total. The molecule has 33 heavy (non-hydrogen) atoms. The summed E-state index contributed by atoms with van der Waals surface area (Å²) >= 11 is 1.64. The molecule has 0 bridgehead atoms. The molecule has 7 nitrogen and oxygen atoms in total. The number of amides is 3. The standard InChI is InChI=1S/C25H32N4O3S/c1-5-19(2)29(25(31)26-20-10-12-23(33-4)13-11-20)18-24(30)28(17-22-9-7-15-32-22)16-21-8-6-14-27(21)3/h6-15,19H,5,16-18H2,1-4H3,(H,26,31). The third kappa shape index (κ3) is 6.68. The van der Waals surface area contributed by atoms with Crippen LogP contribution in [0, 0.1) is 0 Å². The maximum atomic E-state index is 13.4. The Labute approximate surface area is 199 Å². The quantitative estimate of drug-likeness (QED) is 0.415. The van der Waals surface area contributed by atoms with Gasteiger partial charge in [-0.05, 0) is 68.1 Å². The van der Waals surface area contributed by atoms with Gasteiger partial charge < -0.3 is 24.1 Å². The normalized spacial score (nSPS) is 11.8. The zero-order chi connectivity index (χ0) is 23.8. The van der Waals surface area contributed by atoms with Crippen LogP contribution in [0.1, 0.15) is 31.7 Å². The van der Waals surface area contributed by atoms with E-state index in [0.717, 1.165) is 17.0 Å². The van der Waals surface area contributed by atoms with Crippen molar-refractivity contribution in [1.82, 2.24) is 14.4 Å². The zero-order valence-corrected chi connectivity index (χ0v) is 20.5. The van der Waals surface area contributed by atoms with E-state index in [2.05, 4.69) is 5.32 Å². The van der Waals surface area contributed by atoms with Crippen LogP contribution in [-0.2, 0) is 24.9 Å². The Balaban J connectivity index is 1.75. The van der Waals surface area contributed by atoms with E-state index in [1.165, 1.54) is 0 Å². The first-order valence-electron chi connectivity index (χ1n) is 11.0. The van der Waals surface area contributed by atoms with Gasteiger partial charge in [-0.1, -0.05) is 6.92 Å². The third-order valence-corrected chi connectivity index (χ3v) is 6.46. The van der Waals surface area contributed by atoms with Gasteiger partial charge in [0.05, 0.1) is 19.4 Å². The molecule has 2 heterocycles. The summed E-state index contributed by atoms with van der Waals surface area (Å²) in [5, 5.41) is 2.94. The molecule has 1 atom stereocenters. The lowest BCUT2D eigenvalue weighted by Crippen LogP contribution is -2.48. The Bertz CT molecular complexity index is 1030. The number of urea groups is 1. The first-order chi connectivity index (χ1) is 15.9. The first kappa shape index (κ1) is 24.5. The minimum absolute atomic E-state index is 0.0190. The molecule has 1 unspecified atom stereocenters. The van der Waals surface area contributed by atoms with Gasteiger partial charge in [-0.15, -0.1) is 11.8 Å². The number of anilines is 1. The van der Waals surface area contributed by atoms with Crippen LogP contribution in [-0.4, -0.2) is 45.1 Å². The number of aromatic nitrogens is 1. The molecule has 3 rings (SSSR count). The molecule has 8 heteroatoms. The molecule has 3 amide bonds. The Morgan fingerprint density at radius 3 is 2.45 bits per heavy atom. The van der Waals surface area contributed by atoms with Crippen molar-refractivity contribution in [3.63, 3.8) is 0 Å². The number of hydrogen-bond acceptors (Lipinski definition) is 4. The van der Waals surface area contributed by atoms with Crippen LogP contribution in [0.25, 0.3) is 0 Å². The predicted molar refractivity (Wildman–Crippen MR) is 132 cm³/mol. The van der Waals surface area contributed by atoms with Crippen LogP contribution in [0.5, 0.6) is 0 Å². The summed E-state index contributed by atoms with van der Waals surface area (Å²) in [6, 6.07) is 14.9. The minimum Gasteiger partial charge on any atom is -0.467 e.